The molecule has 21 heavy (non-hydrogen) atoms. The molecule has 116 valence electrons. The number of para-hydroxylation sites is 1. The van der Waals surface area contributed by atoms with Crippen LogP contribution >= 0.6 is 0 Å². The molecule has 1 aliphatic rings. The second-order valence-electron chi connectivity index (χ2n) is 5.36. The Morgan fingerprint density at radius 1 is 1.48 bits per heavy atom. The van der Waals surface area contributed by atoms with Crippen molar-refractivity contribution in [2.75, 3.05) is 26.3 Å². The predicted molar refractivity (Wildman–Crippen MR) is 83.7 cm³/mol. The molecule has 2 rings (SSSR count). The summed E-state index contributed by atoms with van der Waals surface area (Å²) in [4.78, 5) is 0. The zero-order chi connectivity index (χ0) is 14.9. The maximum Gasteiger partial charge on any atom is 0.122 e. The lowest BCUT2D eigenvalue weighted by Gasteiger charge is -2.16. The highest BCUT2D eigenvalue weighted by atomic mass is 16.5. The summed E-state index contributed by atoms with van der Waals surface area (Å²) >= 11 is 0. The molecule has 4 heteroatoms. The second kappa shape index (κ2) is 8.82. The molecule has 0 aromatic heterocycles. The van der Waals surface area contributed by atoms with Crippen LogP contribution in [-0.4, -0.2) is 43.6 Å². The Balaban J connectivity index is 1.68. The largest absolute Gasteiger partial charge is 0.491 e. The Kier molecular flexibility index (Phi) is 6.73. The highest BCUT2D eigenvalue weighted by molar-refractivity contribution is 5.34. The Morgan fingerprint density at radius 3 is 3.10 bits per heavy atom. The average molecular weight is 291 g/mol. The van der Waals surface area contributed by atoms with E-state index < -0.39 is 6.10 Å². The minimum absolute atomic E-state index is 0.284. The number of allylic oxidation sites excluding steroid dienone is 1. The zero-order valence-electron chi connectivity index (χ0n) is 12.5. The minimum atomic E-state index is -0.525. The van der Waals surface area contributed by atoms with E-state index in [1.54, 1.807) is 0 Å². The first-order valence-corrected chi connectivity index (χ1v) is 7.61. The molecule has 1 aliphatic heterocycles. The van der Waals surface area contributed by atoms with Gasteiger partial charge in [-0.2, -0.15) is 0 Å². The van der Waals surface area contributed by atoms with Crippen LogP contribution in [0, 0.1) is 0 Å². The molecule has 0 saturated carbocycles. The van der Waals surface area contributed by atoms with E-state index in [2.05, 4.69) is 11.9 Å². The molecular formula is C17H25NO3. The van der Waals surface area contributed by atoms with Crippen LogP contribution in [-0.2, 0) is 11.2 Å². The number of nitrogens with one attached hydrogen (secondary N) is 1. The van der Waals surface area contributed by atoms with E-state index in [0.717, 1.165) is 43.7 Å². The SMILES string of the molecule is C=CCc1ccccc1OCC(O)CNCC1CCCO1. The third-order valence-electron chi connectivity index (χ3n) is 3.54. The van der Waals surface area contributed by atoms with Gasteiger partial charge in [0.25, 0.3) is 0 Å². The fourth-order valence-corrected chi connectivity index (χ4v) is 2.43. The highest BCUT2D eigenvalue weighted by Gasteiger charge is 2.15. The van der Waals surface area contributed by atoms with Gasteiger partial charge in [0.15, 0.2) is 0 Å². The number of rotatable bonds is 9. The fourth-order valence-electron chi connectivity index (χ4n) is 2.43. The lowest BCUT2D eigenvalue weighted by Crippen LogP contribution is -2.35. The lowest BCUT2D eigenvalue weighted by molar-refractivity contribution is 0.0879. The molecule has 1 saturated heterocycles. The van der Waals surface area contributed by atoms with Crippen molar-refractivity contribution in [3.8, 4) is 5.75 Å². The molecule has 1 heterocycles. The van der Waals surface area contributed by atoms with Crippen LogP contribution in [0.1, 0.15) is 18.4 Å². The number of ether oxygens (including phenoxy) is 2. The van der Waals surface area contributed by atoms with Gasteiger partial charge >= 0.3 is 0 Å². The van der Waals surface area contributed by atoms with Gasteiger partial charge in [0.05, 0.1) is 6.10 Å². The summed E-state index contributed by atoms with van der Waals surface area (Å²) in [6, 6.07) is 7.85. The molecule has 0 spiro atoms. The topological polar surface area (TPSA) is 50.7 Å². The predicted octanol–water partition coefficient (Wildman–Crippen LogP) is 1.92. The van der Waals surface area contributed by atoms with Gasteiger partial charge in [-0.3, -0.25) is 0 Å². The average Bonchev–Trinajstić information content (AvgIpc) is 3.00. The van der Waals surface area contributed by atoms with Crippen LogP contribution < -0.4 is 10.1 Å². The van der Waals surface area contributed by atoms with Gasteiger partial charge in [-0.05, 0) is 30.9 Å². The Morgan fingerprint density at radius 2 is 2.33 bits per heavy atom. The van der Waals surface area contributed by atoms with Crippen LogP contribution in [0.5, 0.6) is 5.75 Å². The molecule has 2 N–H and O–H groups in total. The van der Waals surface area contributed by atoms with E-state index in [4.69, 9.17) is 9.47 Å². The molecule has 2 unspecified atom stereocenters. The zero-order valence-corrected chi connectivity index (χ0v) is 12.5. The maximum atomic E-state index is 9.96. The second-order valence-corrected chi connectivity index (χ2v) is 5.36. The molecule has 1 aromatic rings. The third kappa shape index (κ3) is 5.50. The van der Waals surface area contributed by atoms with E-state index in [-0.39, 0.29) is 6.61 Å². The van der Waals surface area contributed by atoms with Gasteiger partial charge < -0.3 is 19.9 Å². The summed E-state index contributed by atoms with van der Waals surface area (Å²) in [7, 11) is 0. The standard InChI is InChI=1S/C17H25NO3/c1-2-6-14-7-3-4-9-17(14)21-13-15(19)11-18-12-16-8-5-10-20-16/h2-4,7,9,15-16,18-19H,1,5-6,8,10-13H2. The third-order valence-corrected chi connectivity index (χ3v) is 3.54. The summed E-state index contributed by atoms with van der Waals surface area (Å²) < 4.78 is 11.2. The molecule has 0 bridgehead atoms. The van der Waals surface area contributed by atoms with Crippen molar-refractivity contribution in [3.63, 3.8) is 0 Å². The van der Waals surface area contributed by atoms with Gasteiger partial charge in [0.1, 0.15) is 18.5 Å². The highest BCUT2D eigenvalue weighted by Crippen LogP contribution is 2.18. The van der Waals surface area contributed by atoms with Crippen molar-refractivity contribution in [1.82, 2.24) is 5.32 Å². The van der Waals surface area contributed by atoms with E-state index in [1.165, 1.54) is 0 Å². The molecular weight excluding hydrogens is 266 g/mol. The van der Waals surface area contributed by atoms with Crippen LogP contribution in [0.25, 0.3) is 0 Å². The van der Waals surface area contributed by atoms with Crippen molar-refractivity contribution >= 4 is 0 Å². The number of benzene rings is 1. The number of aliphatic hydroxyl groups excluding tert-OH is 1. The van der Waals surface area contributed by atoms with Crippen molar-refractivity contribution in [2.45, 2.75) is 31.5 Å². The van der Waals surface area contributed by atoms with Crippen LogP contribution in [0.2, 0.25) is 0 Å². The normalized spacial score (nSPS) is 19.4. The lowest BCUT2D eigenvalue weighted by atomic mass is 10.1. The number of aliphatic hydroxyl groups is 1. The quantitative estimate of drug-likeness (QED) is 0.683. The minimum Gasteiger partial charge on any atom is -0.491 e. The summed E-state index contributed by atoms with van der Waals surface area (Å²) in [5, 5.41) is 13.2. The van der Waals surface area contributed by atoms with Crippen LogP contribution in [0.15, 0.2) is 36.9 Å². The van der Waals surface area contributed by atoms with Gasteiger partial charge in [0.2, 0.25) is 0 Å². The van der Waals surface area contributed by atoms with Crippen molar-refractivity contribution < 1.29 is 14.6 Å². The van der Waals surface area contributed by atoms with Gasteiger partial charge in [-0.1, -0.05) is 24.3 Å². The number of hydrogen-bond acceptors (Lipinski definition) is 4. The first-order chi connectivity index (χ1) is 10.3. The van der Waals surface area contributed by atoms with Gasteiger partial charge in [-0.15, -0.1) is 6.58 Å². The van der Waals surface area contributed by atoms with Crippen LogP contribution in [0.3, 0.4) is 0 Å². The molecule has 1 aromatic carbocycles. The molecule has 0 amide bonds. The van der Waals surface area contributed by atoms with Crippen LogP contribution in [0.4, 0.5) is 0 Å². The Bertz CT molecular complexity index is 430. The maximum absolute atomic E-state index is 9.96. The monoisotopic (exact) mass is 291 g/mol. The van der Waals surface area contributed by atoms with E-state index in [9.17, 15) is 5.11 Å². The molecule has 1 fully saturated rings. The summed E-state index contributed by atoms with van der Waals surface area (Å²) in [6.45, 7) is 6.20. The molecule has 2 atom stereocenters. The van der Waals surface area contributed by atoms with Gasteiger partial charge in [-0.25, -0.2) is 0 Å². The van der Waals surface area contributed by atoms with Crippen molar-refractivity contribution in [1.29, 1.82) is 0 Å². The summed E-state index contributed by atoms with van der Waals surface area (Å²) in [5.41, 5.74) is 1.09. The first kappa shape index (κ1) is 16.0. The summed E-state index contributed by atoms with van der Waals surface area (Å²) in [5.74, 6) is 0.815. The van der Waals surface area contributed by atoms with E-state index >= 15 is 0 Å². The van der Waals surface area contributed by atoms with Crippen molar-refractivity contribution in [3.05, 3.63) is 42.5 Å². The van der Waals surface area contributed by atoms with Gasteiger partial charge in [0, 0.05) is 19.7 Å². The van der Waals surface area contributed by atoms with Crippen molar-refractivity contribution in [2.24, 2.45) is 0 Å². The molecule has 0 aliphatic carbocycles. The summed E-state index contributed by atoms with van der Waals surface area (Å²) in [6.07, 6.45) is 4.63. The first-order valence-electron chi connectivity index (χ1n) is 7.61. The number of hydrogen-bond donors (Lipinski definition) is 2. The smallest absolute Gasteiger partial charge is 0.122 e. The Hall–Kier alpha value is -1.36. The van der Waals surface area contributed by atoms with E-state index in [0.29, 0.717) is 12.6 Å². The fraction of sp³-hybridized carbons (Fsp3) is 0.529. The molecule has 0 radical (unpaired) electrons. The van der Waals surface area contributed by atoms with E-state index in [1.807, 2.05) is 30.3 Å². The Labute approximate surface area is 126 Å². The molecule has 4 nitrogen and oxygen atoms in total.